The van der Waals surface area contributed by atoms with Crippen molar-refractivity contribution in [1.82, 2.24) is 0 Å². The fraction of sp³-hybridized carbons (Fsp3) is 0.440. The van der Waals surface area contributed by atoms with E-state index in [1.165, 1.54) is 25.7 Å². The SMILES string of the molecule is COC(=O)c1ccc(COc2cc(O)c3c(c2)C=CCCCCCCCC(C)OC3=O)o1. The molecule has 0 aliphatic carbocycles. The number of fused-ring (bicyclic) bond motifs is 1. The van der Waals surface area contributed by atoms with Crippen LogP contribution in [0, 0.1) is 0 Å². The van der Waals surface area contributed by atoms with Gasteiger partial charge in [0.05, 0.1) is 13.2 Å². The Balaban J connectivity index is 1.80. The maximum atomic E-state index is 12.8. The number of esters is 2. The smallest absolute Gasteiger partial charge is 0.373 e. The average Bonchev–Trinajstić information content (AvgIpc) is 3.24. The second-order valence-electron chi connectivity index (χ2n) is 7.92. The number of rotatable bonds is 4. The monoisotopic (exact) mass is 442 g/mol. The molecule has 1 unspecified atom stereocenters. The van der Waals surface area contributed by atoms with Gasteiger partial charge in [-0.05, 0) is 56.4 Å². The van der Waals surface area contributed by atoms with Crippen LogP contribution in [-0.4, -0.2) is 30.3 Å². The first-order valence-corrected chi connectivity index (χ1v) is 11.0. The van der Waals surface area contributed by atoms with E-state index in [-0.39, 0.29) is 29.8 Å². The highest BCUT2D eigenvalue weighted by Crippen LogP contribution is 2.31. The van der Waals surface area contributed by atoms with Gasteiger partial charge >= 0.3 is 11.9 Å². The molecule has 0 saturated heterocycles. The standard InChI is InChI=1S/C25H30O7/c1-17-10-8-6-4-3-5-7-9-11-18-14-20(15-21(26)23(18)25(28)31-17)30-16-19-12-13-22(32-19)24(27)29-2/h9,11-15,17,26H,3-8,10,16H2,1-2H3. The fourth-order valence-electron chi connectivity index (χ4n) is 3.61. The molecule has 0 fully saturated rings. The van der Waals surface area contributed by atoms with Crippen LogP contribution in [0.1, 0.15) is 84.1 Å². The lowest BCUT2D eigenvalue weighted by molar-refractivity contribution is 0.0315. The van der Waals surface area contributed by atoms with Crippen molar-refractivity contribution in [3.05, 3.63) is 53.0 Å². The van der Waals surface area contributed by atoms with Gasteiger partial charge in [0.2, 0.25) is 5.76 Å². The van der Waals surface area contributed by atoms with Crippen molar-refractivity contribution in [2.75, 3.05) is 7.11 Å². The molecule has 1 aliphatic heterocycles. The third-order valence-corrected chi connectivity index (χ3v) is 5.34. The summed E-state index contributed by atoms with van der Waals surface area (Å²) >= 11 is 0. The van der Waals surface area contributed by atoms with Crippen LogP contribution in [0.15, 0.2) is 34.8 Å². The number of cyclic esters (lactones) is 1. The molecule has 1 aromatic carbocycles. The number of allylic oxidation sites excluding steroid dienone is 1. The van der Waals surface area contributed by atoms with Crippen LogP contribution >= 0.6 is 0 Å². The third-order valence-electron chi connectivity index (χ3n) is 5.34. The molecule has 7 heteroatoms. The molecule has 1 aromatic heterocycles. The maximum Gasteiger partial charge on any atom is 0.373 e. The first-order valence-electron chi connectivity index (χ1n) is 11.0. The molecule has 1 atom stereocenters. The van der Waals surface area contributed by atoms with Gasteiger partial charge in [-0.2, -0.15) is 0 Å². The molecular formula is C25H30O7. The van der Waals surface area contributed by atoms with E-state index < -0.39 is 11.9 Å². The maximum absolute atomic E-state index is 12.8. The van der Waals surface area contributed by atoms with E-state index in [0.717, 1.165) is 38.5 Å². The quantitative estimate of drug-likeness (QED) is 0.611. The topological polar surface area (TPSA) is 95.2 Å². The molecule has 2 heterocycles. The summed E-state index contributed by atoms with van der Waals surface area (Å²) in [5.74, 6) is -0.457. The normalized spacial score (nSPS) is 17.7. The number of phenolic OH excluding ortho intramolecular Hbond substituents is 1. The Kier molecular flexibility index (Phi) is 8.36. The van der Waals surface area contributed by atoms with Gasteiger partial charge < -0.3 is 23.7 Å². The number of hydrogen-bond donors (Lipinski definition) is 1. The van der Waals surface area contributed by atoms with Crippen molar-refractivity contribution in [3.63, 3.8) is 0 Å². The zero-order chi connectivity index (χ0) is 22.9. The second kappa shape index (κ2) is 11.4. The summed E-state index contributed by atoms with van der Waals surface area (Å²) in [6, 6.07) is 6.19. The van der Waals surface area contributed by atoms with Crippen LogP contribution in [0.3, 0.4) is 0 Å². The molecule has 7 nitrogen and oxygen atoms in total. The van der Waals surface area contributed by atoms with Crippen LogP contribution in [0.2, 0.25) is 0 Å². The van der Waals surface area contributed by atoms with Crippen LogP contribution in [0.5, 0.6) is 11.5 Å². The lowest BCUT2D eigenvalue weighted by Crippen LogP contribution is -2.16. The van der Waals surface area contributed by atoms with Gasteiger partial charge in [-0.15, -0.1) is 0 Å². The molecule has 0 amide bonds. The number of phenols is 1. The Hall–Kier alpha value is -3.22. The number of benzene rings is 1. The number of methoxy groups -OCH3 is 1. The fourth-order valence-corrected chi connectivity index (χ4v) is 3.61. The van der Waals surface area contributed by atoms with Crippen molar-refractivity contribution < 1.29 is 33.3 Å². The number of carbonyl (C=O) groups excluding carboxylic acids is 2. The van der Waals surface area contributed by atoms with Gasteiger partial charge in [-0.1, -0.05) is 31.4 Å². The molecule has 32 heavy (non-hydrogen) atoms. The largest absolute Gasteiger partial charge is 0.507 e. The van der Waals surface area contributed by atoms with Crippen LogP contribution < -0.4 is 4.74 Å². The van der Waals surface area contributed by atoms with Gasteiger partial charge in [-0.25, -0.2) is 9.59 Å². The molecule has 0 radical (unpaired) electrons. The number of hydrogen-bond acceptors (Lipinski definition) is 7. The number of ether oxygens (including phenoxy) is 3. The van der Waals surface area contributed by atoms with Gasteiger partial charge in [0.1, 0.15) is 29.4 Å². The van der Waals surface area contributed by atoms with E-state index >= 15 is 0 Å². The summed E-state index contributed by atoms with van der Waals surface area (Å²) in [5, 5.41) is 10.6. The number of aromatic hydroxyl groups is 1. The zero-order valence-corrected chi connectivity index (χ0v) is 18.6. The first kappa shape index (κ1) is 23.4. The lowest BCUT2D eigenvalue weighted by atomic mass is 10.0. The van der Waals surface area contributed by atoms with E-state index in [4.69, 9.17) is 13.9 Å². The van der Waals surface area contributed by atoms with Gasteiger partial charge in [0, 0.05) is 6.07 Å². The predicted molar refractivity (Wildman–Crippen MR) is 119 cm³/mol. The van der Waals surface area contributed by atoms with Gasteiger partial charge in [-0.3, -0.25) is 0 Å². The molecule has 0 bridgehead atoms. The van der Waals surface area contributed by atoms with Crippen molar-refractivity contribution in [3.8, 4) is 11.5 Å². The highest BCUT2D eigenvalue weighted by atomic mass is 16.5. The summed E-state index contributed by atoms with van der Waals surface area (Å²) in [7, 11) is 1.28. The molecule has 1 N–H and O–H groups in total. The van der Waals surface area contributed by atoms with Crippen molar-refractivity contribution in [1.29, 1.82) is 0 Å². The minimum Gasteiger partial charge on any atom is -0.507 e. The highest BCUT2D eigenvalue weighted by Gasteiger charge is 2.21. The summed E-state index contributed by atoms with van der Waals surface area (Å²) in [6.07, 6.45) is 10.8. The summed E-state index contributed by atoms with van der Waals surface area (Å²) < 4.78 is 21.3. The van der Waals surface area contributed by atoms with E-state index in [1.54, 1.807) is 12.1 Å². The molecule has 0 spiro atoms. The molecule has 2 aromatic rings. The van der Waals surface area contributed by atoms with E-state index in [1.807, 2.05) is 19.1 Å². The summed E-state index contributed by atoms with van der Waals surface area (Å²) in [5.41, 5.74) is 0.660. The molecule has 0 saturated carbocycles. The summed E-state index contributed by atoms with van der Waals surface area (Å²) in [6.45, 7) is 1.92. The highest BCUT2D eigenvalue weighted by molar-refractivity contribution is 5.97. The van der Waals surface area contributed by atoms with Gasteiger partial charge in [0.25, 0.3) is 0 Å². The average molecular weight is 443 g/mol. The molecular weight excluding hydrogens is 412 g/mol. The number of carbonyl (C=O) groups is 2. The number of furan rings is 1. The molecule has 1 aliphatic rings. The van der Waals surface area contributed by atoms with Crippen LogP contribution in [-0.2, 0) is 16.1 Å². The van der Waals surface area contributed by atoms with E-state index in [9.17, 15) is 14.7 Å². The first-order chi connectivity index (χ1) is 15.5. The lowest BCUT2D eigenvalue weighted by Gasteiger charge is -2.16. The van der Waals surface area contributed by atoms with Crippen molar-refractivity contribution in [2.24, 2.45) is 0 Å². The minimum atomic E-state index is -0.571. The molecule has 172 valence electrons. The third kappa shape index (κ3) is 6.39. The summed E-state index contributed by atoms with van der Waals surface area (Å²) in [4.78, 5) is 24.3. The Morgan fingerprint density at radius 3 is 2.75 bits per heavy atom. The zero-order valence-electron chi connectivity index (χ0n) is 18.6. The second-order valence-corrected chi connectivity index (χ2v) is 7.92. The molecule has 3 rings (SSSR count). The van der Waals surface area contributed by atoms with Crippen molar-refractivity contribution in [2.45, 2.75) is 64.6 Å². The Morgan fingerprint density at radius 1 is 1.16 bits per heavy atom. The van der Waals surface area contributed by atoms with Crippen LogP contribution in [0.25, 0.3) is 6.08 Å². The predicted octanol–water partition coefficient (Wildman–Crippen LogP) is 5.65. The Labute approximate surface area is 188 Å². The Morgan fingerprint density at radius 2 is 1.94 bits per heavy atom. The minimum absolute atomic E-state index is 0.0421. The Bertz CT molecular complexity index is 957. The van der Waals surface area contributed by atoms with E-state index in [0.29, 0.717) is 17.1 Å². The van der Waals surface area contributed by atoms with Crippen molar-refractivity contribution >= 4 is 18.0 Å². The van der Waals surface area contributed by atoms with Gasteiger partial charge in [0.15, 0.2) is 0 Å². The van der Waals surface area contributed by atoms with Crippen LogP contribution in [0.4, 0.5) is 0 Å². The van der Waals surface area contributed by atoms with E-state index in [2.05, 4.69) is 4.74 Å².